The zero-order valence-electron chi connectivity index (χ0n) is 3.59. The van der Waals surface area contributed by atoms with E-state index in [1.54, 1.807) is 5.48 Å². The van der Waals surface area contributed by atoms with Crippen molar-refractivity contribution in [3.8, 4) is 0 Å². The van der Waals surface area contributed by atoms with E-state index in [1.807, 2.05) is 0 Å². The highest BCUT2D eigenvalue weighted by Gasteiger charge is 1.75. The Bertz CT molecular complexity index is 88.9. The fourth-order valence-electron chi connectivity index (χ4n) is 0.119. The zero-order valence-corrected chi connectivity index (χ0v) is 3.59. The third-order valence-corrected chi connectivity index (χ3v) is 0.322. The van der Waals surface area contributed by atoms with E-state index < -0.39 is 5.91 Å². The summed E-state index contributed by atoms with van der Waals surface area (Å²) in [6, 6.07) is 0. The van der Waals surface area contributed by atoms with Crippen LogP contribution in [0.1, 0.15) is 0 Å². The molecule has 0 radical (unpaired) electrons. The standard InChI is InChI=1S/C3H6N2O2/c4-3(6)1-2-5-7/h1-2,5,7H,(H2,4,6). The van der Waals surface area contributed by atoms with E-state index in [2.05, 4.69) is 5.73 Å². The number of primary amides is 1. The maximum Gasteiger partial charge on any atom is 0.242 e. The average Bonchev–Trinajstić information content (AvgIpc) is 1.61. The molecular formula is C3H6N2O2. The third kappa shape index (κ3) is 4.97. The van der Waals surface area contributed by atoms with E-state index in [1.165, 1.54) is 0 Å². The lowest BCUT2D eigenvalue weighted by Gasteiger charge is -1.79. The molecule has 0 atom stereocenters. The van der Waals surface area contributed by atoms with E-state index in [-0.39, 0.29) is 0 Å². The Hall–Kier alpha value is -1.03. The highest BCUT2D eigenvalue weighted by atomic mass is 16.5. The molecule has 0 aromatic rings. The molecule has 0 aromatic heterocycles. The Kier molecular flexibility index (Phi) is 2.70. The van der Waals surface area contributed by atoms with Crippen LogP contribution in [0, 0.1) is 0 Å². The SMILES string of the molecule is NC(=O)C=CNO. The molecule has 0 saturated heterocycles. The molecule has 1 amide bonds. The van der Waals surface area contributed by atoms with E-state index in [4.69, 9.17) is 5.21 Å². The van der Waals surface area contributed by atoms with Gasteiger partial charge in [0.25, 0.3) is 0 Å². The first kappa shape index (κ1) is 5.97. The van der Waals surface area contributed by atoms with Crippen molar-refractivity contribution in [2.75, 3.05) is 0 Å². The first-order valence-electron chi connectivity index (χ1n) is 1.63. The number of hydrogen-bond acceptors (Lipinski definition) is 3. The van der Waals surface area contributed by atoms with Crippen molar-refractivity contribution in [1.82, 2.24) is 5.48 Å². The van der Waals surface area contributed by atoms with Crippen LogP contribution in [0.4, 0.5) is 0 Å². The van der Waals surface area contributed by atoms with Gasteiger partial charge in [0.05, 0.1) is 0 Å². The molecule has 0 aliphatic carbocycles. The van der Waals surface area contributed by atoms with Crippen molar-refractivity contribution in [3.05, 3.63) is 12.3 Å². The summed E-state index contributed by atoms with van der Waals surface area (Å²) in [7, 11) is 0. The van der Waals surface area contributed by atoms with Gasteiger partial charge < -0.3 is 5.73 Å². The number of nitrogens with one attached hydrogen (secondary N) is 1. The summed E-state index contributed by atoms with van der Waals surface area (Å²) in [5.74, 6) is -0.596. The summed E-state index contributed by atoms with van der Waals surface area (Å²) in [6.45, 7) is 0. The van der Waals surface area contributed by atoms with Gasteiger partial charge in [-0.1, -0.05) is 0 Å². The quantitative estimate of drug-likeness (QED) is 0.308. The van der Waals surface area contributed by atoms with Gasteiger partial charge in [0.1, 0.15) is 0 Å². The topological polar surface area (TPSA) is 75.4 Å². The van der Waals surface area contributed by atoms with Crippen molar-refractivity contribution >= 4 is 5.91 Å². The minimum Gasteiger partial charge on any atom is -0.366 e. The number of nitrogens with two attached hydrogens (primary N) is 1. The van der Waals surface area contributed by atoms with Crippen LogP contribution in [0.3, 0.4) is 0 Å². The molecule has 0 spiro atoms. The molecule has 40 valence electrons. The van der Waals surface area contributed by atoms with Gasteiger partial charge in [-0.05, 0) is 0 Å². The Labute approximate surface area is 40.6 Å². The lowest BCUT2D eigenvalue weighted by Crippen LogP contribution is -2.07. The van der Waals surface area contributed by atoms with Crippen molar-refractivity contribution in [2.24, 2.45) is 5.73 Å². The molecule has 0 aliphatic heterocycles. The number of amides is 1. The molecule has 7 heavy (non-hydrogen) atoms. The third-order valence-electron chi connectivity index (χ3n) is 0.322. The Balaban J connectivity index is 3.26. The predicted molar refractivity (Wildman–Crippen MR) is 23.3 cm³/mol. The predicted octanol–water partition coefficient (Wildman–Crippen LogP) is -1.04. The first-order chi connectivity index (χ1) is 3.27. The van der Waals surface area contributed by atoms with Gasteiger partial charge in [0.15, 0.2) is 0 Å². The van der Waals surface area contributed by atoms with Crippen molar-refractivity contribution < 1.29 is 10.0 Å². The smallest absolute Gasteiger partial charge is 0.242 e. The van der Waals surface area contributed by atoms with Crippen molar-refractivity contribution in [2.45, 2.75) is 0 Å². The second-order valence-electron chi connectivity index (χ2n) is 0.865. The molecule has 0 rings (SSSR count). The summed E-state index contributed by atoms with van der Waals surface area (Å²) < 4.78 is 0. The zero-order chi connectivity index (χ0) is 5.70. The van der Waals surface area contributed by atoms with E-state index >= 15 is 0 Å². The Morgan fingerprint density at radius 3 is 2.57 bits per heavy atom. The number of carbonyl (C=O) groups is 1. The van der Waals surface area contributed by atoms with Crippen molar-refractivity contribution in [3.63, 3.8) is 0 Å². The molecule has 0 saturated carbocycles. The maximum absolute atomic E-state index is 9.74. The minimum atomic E-state index is -0.596. The fourth-order valence-corrected chi connectivity index (χ4v) is 0.119. The molecule has 0 heterocycles. The molecule has 4 nitrogen and oxygen atoms in total. The molecule has 0 aromatic carbocycles. The number of carbonyl (C=O) groups excluding carboxylic acids is 1. The van der Waals surface area contributed by atoms with Crippen LogP contribution in [0.5, 0.6) is 0 Å². The van der Waals surface area contributed by atoms with Crippen LogP contribution in [-0.2, 0) is 4.79 Å². The number of hydroxylamine groups is 1. The maximum atomic E-state index is 9.74. The normalized spacial score (nSPS) is 9.29. The van der Waals surface area contributed by atoms with Gasteiger partial charge in [0.2, 0.25) is 5.91 Å². The lowest BCUT2D eigenvalue weighted by atomic mass is 10.6. The minimum absolute atomic E-state index is 0.596. The highest BCUT2D eigenvalue weighted by molar-refractivity contribution is 5.85. The van der Waals surface area contributed by atoms with E-state index in [0.717, 1.165) is 12.3 Å². The van der Waals surface area contributed by atoms with Crippen LogP contribution in [-0.4, -0.2) is 11.1 Å². The second kappa shape index (κ2) is 3.17. The summed E-state index contributed by atoms with van der Waals surface area (Å²) in [5.41, 5.74) is 6.22. The summed E-state index contributed by atoms with van der Waals surface area (Å²) >= 11 is 0. The second-order valence-corrected chi connectivity index (χ2v) is 0.865. The summed E-state index contributed by atoms with van der Waals surface area (Å²) in [6.07, 6.45) is 2.03. The van der Waals surface area contributed by atoms with Crippen LogP contribution in [0.15, 0.2) is 12.3 Å². The van der Waals surface area contributed by atoms with Crippen LogP contribution in [0.2, 0.25) is 0 Å². The largest absolute Gasteiger partial charge is 0.366 e. The molecule has 0 aliphatic rings. The van der Waals surface area contributed by atoms with E-state index in [0.29, 0.717) is 0 Å². The van der Waals surface area contributed by atoms with Gasteiger partial charge in [-0.25, -0.2) is 0 Å². The van der Waals surface area contributed by atoms with Crippen LogP contribution >= 0.6 is 0 Å². The highest BCUT2D eigenvalue weighted by Crippen LogP contribution is 1.58. The monoisotopic (exact) mass is 102 g/mol. The van der Waals surface area contributed by atoms with Gasteiger partial charge in [-0.3, -0.25) is 15.5 Å². The first-order valence-corrected chi connectivity index (χ1v) is 1.63. The van der Waals surface area contributed by atoms with E-state index in [9.17, 15) is 4.79 Å². The van der Waals surface area contributed by atoms with Crippen LogP contribution in [0.25, 0.3) is 0 Å². The van der Waals surface area contributed by atoms with Crippen LogP contribution < -0.4 is 11.2 Å². The van der Waals surface area contributed by atoms with Crippen molar-refractivity contribution in [1.29, 1.82) is 0 Å². The van der Waals surface area contributed by atoms with Gasteiger partial charge in [0, 0.05) is 12.3 Å². The molecule has 4 heteroatoms. The number of rotatable bonds is 2. The molecule has 0 fully saturated rings. The lowest BCUT2D eigenvalue weighted by molar-refractivity contribution is -0.113. The Morgan fingerprint density at radius 2 is 2.43 bits per heavy atom. The van der Waals surface area contributed by atoms with Gasteiger partial charge in [-0.15, -0.1) is 0 Å². The fraction of sp³-hybridized carbons (Fsp3) is 0. The molecular weight excluding hydrogens is 96.0 g/mol. The summed E-state index contributed by atoms with van der Waals surface area (Å²) in [5, 5.41) is 7.77. The molecule has 4 N–H and O–H groups in total. The molecule has 0 unspecified atom stereocenters. The Morgan fingerprint density at radius 1 is 1.86 bits per heavy atom. The summed E-state index contributed by atoms with van der Waals surface area (Å²) in [4.78, 5) is 9.74. The number of hydrogen-bond donors (Lipinski definition) is 3. The van der Waals surface area contributed by atoms with Gasteiger partial charge in [-0.2, -0.15) is 0 Å². The van der Waals surface area contributed by atoms with Gasteiger partial charge >= 0.3 is 0 Å². The average molecular weight is 102 g/mol. The molecule has 0 bridgehead atoms.